The van der Waals surface area contributed by atoms with Gasteiger partial charge in [-0.25, -0.2) is 0 Å². The Bertz CT molecular complexity index is 1340. The van der Waals surface area contributed by atoms with Crippen molar-refractivity contribution in [2.24, 2.45) is 0 Å². The molecule has 0 unspecified atom stereocenters. The van der Waals surface area contributed by atoms with Crippen LogP contribution in [0.15, 0.2) is 91.0 Å². The van der Waals surface area contributed by atoms with Crippen molar-refractivity contribution in [1.29, 1.82) is 0 Å². The van der Waals surface area contributed by atoms with Gasteiger partial charge >= 0.3 is 0 Å². The van der Waals surface area contributed by atoms with Gasteiger partial charge in [-0.1, -0.05) is 54.1 Å². The molecule has 2 amide bonds. The number of rotatable bonds is 5. The van der Waals surface area contributed by atoms with E-state index in [1.54, 1.807) is 41.3 Å². The Hall–Kier alpha value is -4.03. The Morgan fingerprint density at radius 3 is 2.18 bits per heavy atom. The number of hydrogen-bond acceptors (Lipinski definition) is 3. The Labute approximate surface area is 204 Å². The molecule has 5 nitrogen and oxygen atoms in total. The zero-order valence-electron chi connectivity index (χ0n) is 19.0. The zero-order chi connectivity index (χ0) is 24.1. The van der Waals surface area contributed by atoms with Crippen LogP contribution >= 0.6 is 12.2 Å². The van der Waals surface area contributed by atoms with Crippen molar-refractivity contribution in [2.45, 2.75) is 13.8 Å². The van der Waals surface area contributed by atoms with Gasteiger partial charge in [0.2, 0.25) is 0 Å². The van der Waals surface area contributed by atoms with Crippen LogP contribution in [-0.4, -0.2) is 23.5 Å². The zero-order valence-corrected chi connectivity index (χ0v) is 19.9. The van der Waals surface area contributed by atoms with Gasteiger partial charge in [0, 0.05) is 28.7 Å². The van der Waals surface area contributed by atoms with Crippen LogP contribution in [0.25, 0.3) is 10.8 Å². The first kappa shape index (κ1) is 23.1. The first-order valence-electron chi connectivity index (χ1n) is 11.0. The Morgan fingerprint density at radius 1 is 0.824 bits per heavy atom. The minimum absolute atomic E-state index is 0.0827. The van der Waals surface area contributed by atoms with Crippen molar-refractivity contribution in [2.75, 3.05) is 16.8 Å². The van der Waals surface area contributed by atoms with Crippen LogP contribution in [0.3, 0.4) is 0 Å². The molecule has 0 aromatic heterocycles. The Kier molecular flexibility index (Phi) is 6.99. The first-order valence-corrected chi connectivity index (χ1v) is 11.5. The van der Waals surface area contributed by atoms with Gasteiger partial charge in [0.15, 0.2) is 5.11 Å². The molecule has 0 radical (unpaired) electrons. The van der Waals surface area contributed by atoms with Crippen molar-refractivity contribution in [3.63, 3.8) is 0 Å². The number of nitrogens with zero attached hydrogens (tertiary/aromatic N) is 1. The van der Waals surface area contributed by atoms with Gasteiger partial charge in [-0.05, 0) is 73.9 Å². The van der Waals surface area contributed by atoms with Crippen molar-refractivity contribution < 1.29 is 9.59 Å². The fourth-order valence-corrected chi connectivity index (χ4v) is 3.97. The van der Waals surface area contributed by atoms with Crippen LogP contribution in [-0.2, 0) is 0 Å². The number of fused-ring (bicyclic) bond motifs is 1. The highest BCUT2D eigenvalue weighted by atomic mass is 32.1. The minimum atomic E-state index is -0.280. The summed E-state index contributed by atoms with van der Waals surface area (Å²) in [6.07, 6.45) is 0. The number of carbonyl (C=O) groups is 2. The second-order valence-electron chi connectivity index (χ2n) is 7.90. The van der Waals surface area contributed by atoms with E-state index in [4.69, 9.17) is 12.2 Å². The topological polar surface area (TPSA) is 61.4 Å². The molecule has 0 saturated carbocycles. The molecule has 0 fully saturated rings. The molecule has 4 aromatic rings. The van der Waals surface area contributed by atoms with Gasteiger partial charge in [-0.2, -0.15) is 0 Å². The molecule has 4 aromatic carbocycles. The molecule has 0 spiro atoms. The number of thiocarbonyl (C=S) groups is 1. The quantitative estimate of drug-likeness (QED) is 0.357. The van der Waals surface area contributed by atoms with Gasteiger partial charge in [-0.3, -0.25) is 14.9 Å². The van der Waals surface area contributed by atoms with Gasteiger partial charge in [0.1, 0.15) is 0 Å². The van der Waals surface area contributed by atoms with E-state index < -0.39 is 0 Å². The number of aryl methyl sites for hydroxylation is 1. The highest BCUT2D eigenvalue weighted by Crippen LogP contribution is 2.28. The van der Waals surface area contributed by atoms with Crippen LogP contribution in [0, 0.1) is 6.92 Å². The van der Waals surface area contributed by atoms with Gasteiger partial charge in [-0.15, -0.1) is 0 Å². The number of hydrogen-bond donors (Lipinski definition) is 2. The van der Waals surface area contributed by atoms with Crippen LogP contribution in [0.2, 0.25) is 0 Å². The molecular weight excluding hydrogens is 442 g/mol. The van der Waals surface area contributed by atoms with Crippen molar-refractivity contribution in [3.8, 4) is 0 Å². The van der Waals surface area contributed by atoms with Crippen molar-refractivity contribution in [3.05, 3.63) is 108 Å². The molecule has 2 N–H and O–H groups in total. The van der Waals surface area contributed by atoms with Crippen LogP contribution in [0.5, 0.6) is 0 Å². The average molecular weight is 468 g/mol. The minimum Gasteiger partial charge on any atom is -0.332 e. The lowest BCUT2D eigenvalue weighted by molar-refractivity contribution is 0.0973. The third kappa shape index (κ3) is 5.13. The molecule has 34 heavy (non-hydrogen) atoms. The maximum absolute atomic E-state index is 13.3. The van der Waals surface area contributed by atoms with Crippen LogP contribution in [0.1, 0.15) is 33.2 Å². The maximum Gasteiger partial charge on any atom is 0.258 e. The highest BCUT2D eigenvalue weighted by molar-refractivity contribution is 7.80. The largest absolute Gasteiger partial charge is 0.332 e. The number of nitrogens with one attached hydrogen (secondary N) is 2. The number of benzene rings is 4. The van der Waals surface area contributed by atoms with E-state index in [1.165, 1.54) is 0 Å². The fourth-order valence-electron chi connectivity index (χ4n) is 3.76. The monoisotopic (exact) mass is 467 g/mol. The number of carbonyl (C=O) groups excluding carboxylic acids is 2. The summed E-state index contributed by atoms with van der Waals surface area (Å²) in [6.45, 7) is 4.47. The standard InChI is InChI=1S/C28H25N3O2S/c1-3-31(25-10-6-8-20-7-4-5-9-24(20)25)27(33)22-15-17-23(18-16-22)29-28(34)30-26(32)21-13-11-19(2)12-14-21/h4-18H,3H2,1-2H3,(H2,29,30,32,34). The molecular formula is C28H25N3O2S. The molecule has 0 atom stereocenters. The molecule has 6 heteroatoms. The van der Waals surface area contributed by atoms with Crippen molar-refractivity contribution >= 4 is 51.3 Å². The summed E-state index contributed by atoms with van der Waals surface area (Å²) < 4.78 is 0. The summed E-state index contributed by atoms with van der Waals surface area (Å²) in [5, 5.41) is 7.98. The second-order valence-corrected chi connectivity index (χ2v) is 8.31. The molecule has 0 heterocycles. The SMILES string of the molecule is CCN(C(=O)c1ccc(NC(=S)NC(=O)c2ccc(C)cc2)cc1)c1cccc2ccccc12. The smallest absolute Gasteiger partial charge is 0.258 e. The van der Waals surface area contributed by atoms with Crippen LogP contribution in [0.4, 0.5) is 11.4 Å². The molecule has 170 valence electrons. The molecule has 0 saturated heterocycles. The summed E-state index contributed by atoms with van der Waals surface area (Å²) in [6, 6.07) is 28.3. The molecule has 0 aliphatic heterocycles. The third-order valence-electron chi connectivity index (χ3n) is 5.55. The lowest BCUT2D eigenvalue weighted by Crippen LogP contribution is -2.34. The maximum atomic E-state index is 13.3. The summed E-state index contributed by atoms with van der Waals surface area (Å²) in [4.78, 5) is 27.4. The summed E-state index contributed by atoms with van der Waals surface area (Å²) in [7, 11) is 0. The van der Waals surface area contributed by atoms with E-state index in [9.17, 15) is 9.59 Å². The normalized spacial score (nSPS) is 10.5. The second kappa shape index (κ2) is 10.3. The predicted octanol–water partition coefficient (Wildman–Crippen LogP) is 5.94. The fraction of sp³-hybridized carbons (Fsp3) is 0.107. The Morgan fingerprint density at radius 2 is 1.47 bits per heavy atom. The van der Waals surface area contributed by atoms with Gasteiger partial charge < -0.3 is 10.2 Å². The molecule has 0 bridgehead atoms. The van der Waals surface area contributed by atoms with E-state index in [2.05, 4.69) is 10.6 Å². The predicted molar refractivity (Wildman–Crippen MR) is 143 cm³/mol. The van der Waals surface area contributed by atoms with E-state index in [0.717, 1.165) is 22.0 Å². The van der Waals surface area contributed by atoms with E-state index >= 15 is 0 Å². The number of anilines is 2. The lowest BCUT2D eigenvalue weighted by atomic mass is 10.1. The summed E-state index contributed by atoms with van der Waals surface area (Å²) in [5.41, 5.74) is 3.74. The van der Waals surface area contributed by atoms with Gasteiger partial charge in [0.25, 0.3) is 11.8 Å². The summed E-state index contributed by atoms with van der Waals surface area (Å²) in [5.74, 6) is -0.362. The van der Waals surface area contributed by atoms with Crippen molar-refractivity contribution in [1.82, 2.24) is 5.32 Å². The summed E-state index contributed by atoms with van der Waals surface area (Å²) >= 11 is 5.27. The van der Waals surface area contributed by atoms with E-state index in [1.807, 2.05) is 68.4 Å². The molecule has 0 aliphatic rings. The van der Waals surface area contributed by atoms with E-state index in [0.29, 0.717) is 23.4 Å². The number of amides is 2. The van der Waals surface area contributed by atoms with Crippen LogP contribution < -0.4 is 15.5 Å². The highest BCUT2D eigenvalue weighted by Gasteiger charge is 2.18. The Balaban J connectivity index is 1.45. The first-order chi connectivity index (χ1) is 16.5. The molecule has 0 aliphatic carbocycles. The van der Waals surface area contributed by atoms with E-state index in [-0.39, 0.29) is 16.9 Å². The average Bonchev–Trinajstić information content (AvgIpc) is 2.85. The lowest BCUT2D eigenvalue weighted by Gasteiger charge is -2.23. The molecule has 4 rings (SSSR count). The van der Waals surface area contributed by atoms with Gasteiger partial charge in [0.05, 0.1) is 5.69 Å². The third-order valence-corrected chi connectivity index (χ3v) is 5.75.